The Hall–Kier alpha value is -2.31. The van der Waals surface area contributed by atoms with Crippen molar-refractivity contribution in [2.45, 2.75) is 52.1 Å². The number of amides is 1. The number of aliphatic imine (C=N–C) groups is 1. The predicted octanol–water partition coefficient (Wildman–Crippen LogP) is 2.76. The molecule has 3 N–H and O–H groups in total. The maximum Gasteiger partial charge on any atom is 0.239 e. The molecular formula is C20H31FN4O2. The molecule has 1 aliphatic rings. The average molecular weight is 378 g/mol. The lowest BCUT2D eigenvalue weighted by atomic mass is 10.1. The van der Waals surface area contributed by atoms with Crippen molar-refractivity contribution in [2.24, 2.45) is 10.9 Å². The van der Waals surface area contributed by atoms with Crippen LogP contribution in [0.1, 0.15) is 52.1 Å². The van der Waals surface area contributed by atoms with E-state index < -0.39 is 0 Å². The van der Waals surface area contributed by atoms with E-state index >= 15 is 0 Å². The van der Waals surface area contributed by atoms with Crippen LogP contribution in [0.3, 0.4) is 0 Å². The summed E-state index contributed by atoms with van der Waals surface area (Å²) in [6.45, 7) is 8.36. The molecule has 0 spiro atoms. The second kappa shape index (κ2) is 9.06. The highest BCUT2D eigenvalue weighted by molar-refractivity contribution is 5.86. The van der Waals surface area contributed by atoms with Gasteiger partial charge in [-0.25, -0.2) is 4.39 Å². The lowest BCUT2D eigenvalue weighted by Gasteiger charge is -2.22. The van der Waals surface area contributed by atoms with E-state index in [9.17, 15) is 9.18 Å². The minimum atomic E-state index is -0.366. The van der Waals surface area contributed by atoms with Crippen molar-refractivity contribution in [1.29, 1.82) is 0 Å². The van der Waals surface area contributed by atoms with Crippen LogP contribution in [0, 0.1) is 11.7 Å². The first kappa shape index (κ1) is 21.0. The molecule has 7 heteroatoms. The number of hydrogen-bond donors (Lipinski definition) is 3. The predicted molar refractivity (Wildman–Crippen MR) is 105 cm³/mol. The summed E-state index contributed by atoms with van der Waals surface area (Å²) in [5.41, 5.74) is 0.484. The van der Waals surface area contributed by atoms with Gasteiger partial charge in [-0.3, -0.25) is 9.79 Å². The standard InChI is InChI=1S/C20H31FN4O2/c1-13(24-19(22-5)23-11-18(26)25-20(2,3)4)15-8-9-17(16(21)10-15)27-12-14-6-7-14/h8-10,13-14H,6-7,11-12H2,1-5H3,(H,25,26)(H2,22,23,24). The van der Waals surface area contributed by atoms with E-state index in [4.69, 9.17) is 4.74 Å². The van der Waals surface area contributed by atoms with Crippen LogP contribution in [0.4, 0.5) is 4.39 Å². The molecule has 1 aromatic carbocycles. The van der Waals surface area contributed by atoms with Gasteiger partial charge in [-0.2, -0.15) is 0 Å². The van der Waals surface area contributed by atoms with Gasteiger partial charge in [0.2, 0.25) is 5.91 Å². The van der Waals surface area contributed by atoms with E-state index in [0.717, 1.165) is 5.56 Å². The van der Waals surface area contributed by atoms with E-state index in [-0.39, 0.29) is 29.8 Å². The Balaban J connectivity index is 1.87. The van der Waals surface area contributed by atoms with E-state index in [1.807, 2.05) is 33.8 Å². The summed E-state index contributed by atoms with van der Waals surface area (Å²) in [6.07, 6.45) is 2.33. The molecule has 27 heavy (non-hydrogen) atoms. The molecule has 1 atom stereocenters. The lowest BCUT2D eigenvalue weighted by Crippen LogP contribution is -2.48. The van der Waals surface area contributed by atoms with Crippen LogP contribution in [-0.2, 0) is 4.79 Å². The summed E-state index contributed by atoms with van der Waals surface area (Å²) < 4.78 is 19.8. The zero-order valence-electron chi connectivity index (χ0n) is 16.9. The number of benzene rings is 1. The van der Waals surface area contributed by atoms with Gasteiger partial charge in [-0.15, -0.1) is 0 Å². The topological polar surface area (TPSA) is 74.8 Å². The molecule has 1 fully saturated rings. The van der Waals surface area contributed by atoms with Crippen LogP contribution in [-0.4, -0.2) is 37.6 Å². The molecule has 1 saturated carbocycles. The molecule has 1 unspecified atom stereocenters. The molecule has 1 aromatic rings. The Labute approximate surface area is 161 Å². The van der Waals surface area contributed by atoms with Gasteiger partial charge in [0, 0.05) is 12.6 Å². The SMILES string of the molecule is CN=C(NCC(=O)NC(C)(C)C)NC(C)c1ccc(OCC2CC2)c(F)c1. The maximum atomic E-state index is 14.3. The number of guanidine groups is 1. The minimum Gasteiger partial charge on any atom is -0.490 e. The number of ether oxygens (including phenoxy) is 1. The number of carbonyl (C=O) groups excluding carboxylic acids is 1. The Morgan fingerprint density at radius 1 is 1.37 bits per heavy atom. The third-order valence-corrected chi connectivity index (χ3v) is 4.14. The molecule has 0 saturated heterocycles. The number of halogens is 1. The molecule has 2 rings (SSSR count). The summed E-state index contributed by atoms with van der Waals surface area (Å²) in [6, 6.07) is 4.79. The van der Waals surface area contributed by atoms with Crippen molar-refractivity contribution in [1.82, 2.24) is 16.0 Å². The van der Waals surface area contributed by atoms with E-state index in [1.54, 1.807) is 13.1 Å². The summed E-state index contributed by atoms with van der Waals surface area (Å²) in [5.74, 6) is 0.852. The summed E-state index contributed by atoms with van der Waals surface area (Å²) in [7, 11) is 1.62. The molecule has 150 valence electrons. The van der Waals surface area contributed by atoms with E-state index in [2.05, 4.69) is 20.9 Å². The fourth-order valence-corrected chi connectivity index (χ4v) is 2.51. The van der Waals surface area contributed by atoms with E-state index in [0.29, 0.717) is 24.2 Å². The molecular weight excluding hydrogens is 347 g/mol. The molecule has 1 amide bonds. The molecule has 0 bridgehead atoms. The Morgan fingerprint density at radius 3 is 2.63 bits per heavy atom. The fourth-order valence-electron chi connectivity index (χ4n) is 2.51. The zero-order chi connectivity index (χ0) is 20.0. The van der Waals surface area contributed by atoms with Gasteiger partial charge >= 0.3 is 0 Å². The van der Waals surface area contributed by atoms with Crippen LogP contribution in [0.25, 0.3) is 0 Å². The maximum absolute atomic E-state index is 14.3. The Morgan fingerprint density at radius 2 is 2.07 bits per heavy atom. The molecule has 0 aromatic heterocycles. The molecule has 0 radical (unpaired) electrons. The highest BCUT2D eigenvalue weighted by Gasteiger charge is 2.22. The van der Waals surface area contributed by atoms with Crippen molar-refractivity contribution in [3.63, 3.8) is 0 Å². The number of nitrogens with one attached hydrogen (secondary N) is 3. The van der Waals surface area contributed by atoms with Gasteiger partial charge in [-0.1, -0.05) is 6.07 Å². The van der Waals surface area contributed by atoms with Crippen molar-refractivity contribution < 1.29 is 13.9 Å². The molecule has 6 nitrogen and oxygen atoms in total. The van der Waals surface area contributed by atoms with Crippen LogP contribution in [0.5, 0.6) is 5.75 Å². The summed E-state index contributed by atoms with van der Waals surface area (Å²) in [4.78, 5) is 16.0. The number of nitrogens with zero attached hydrogens (tertiary/aromatic N) is 1. The van der Waals surface area contributed by atoms with Crippen molar-refractivity contribution in [3.05, 3.63) is 29.6 Å². The Bertz CT molecular complexity index is 681. The largest absolute Gasteiger partial charge is 0.490 e. The number of carbonyl (C=O) groups is 1. The molecule has 0 aliphatic heterocycles. The van der Waals surface area contributed by atoms with Gasteiger partial charge in [-0.05, 0) is 64.2 Å². The normalized spacial score (nSPS) is 15.9. The second-order valence-electron chi connectivity index (χ2n) is 8.03. The van der Waals surface area contributed by atoms with Crippen LogP contribution in [0.2, 0.25) is 0 Å². The highest BCUT2D eigenvalue weighted by Crippen LogP contribution is 2.30. The van der Waals surface area contributed by atoms with Gasteiger partial charge in [0.05, 0.1) is 19.2 Å². The van der Waals surface area contributed by atoms with E-state index in [1.165, 1.54) is 18.9 Å². The summed E-state index contributed by atoms with van der Waals surface area (Å²) in [5, 5.41) is 9.00. The third-order valence-electron chi connectivity index (χ3n) is 4.14. The van der Waals surface area contributed by atoms with Gasteiger partial charge < -0.3 is 20.7 Å². The van der Waals surface area contributed by atoms with Gasteiger partial charge in [0.25, 0.3) is 0 Å². The average Bonchev–Trinajstić information content (AvgIpc) is 3.40. The number of hydrogen-bond acceptors (Lipinski definition) is 3. The smallest absolute Gasteiger partial charge is 0.239 e. The van der Waals surface area contributed by atoms with Crippen LogP contribution >= 0.6 is 0 Å². The Kier molecular flexibility index (Phi) is 7.05. The zero-order valence-corrected chi connectivity index (χ0v) is 16.9. The van der Waals surface area contributed by atoms with Crippen molar-refractivity contribution in [3.8, 4) is 5.75 Å². The second-order valence-corrected chi connectivity index (χ2v) is 8.03. The third kappa shape index (κ3) is 7.45. The summed E-state index contributed by atoms with van der Waals surface area (Å²) >= 11 is 0. The molecule has 1 aliphatic carbocycles. The van der Waals surface area contributed by atoms with Crippen molar-refractivity contribution >= 4 is 11.9 Å². The first-order valence-corrected chi connectivity index (χ1v) is 9.38. The van der Waals surface area contributed by atoms with Crippen molar-refractivity contribution in [2.75, 3.05) is 20.2 Å². The van der Waals surface area contributed by atoms with Crippen LogP contribution in [0.15, 0.2) is 23.2 Å². The van der Waals surface area contributed by atoms with Gasteiger partial charge in [0.15, 0.2) is 17.5 Å². The first-order chi connectivity index (χ1) is 12.7. The monoisotopic (exact) mass is 378 g/mol. The first-order valence-electron chi connectivity index (χ1n) is 9.38. The van der Waals surface area contributed by atoms with Gasteiger partial charge in [0.1, 0.15) is 0 Å². The highest BCUT2D eigenvalue weighted by atomic mass is 19.1. The number of rotatable bonds is 7. The minimum absolute atomic E-state index is 0.103. The lowest BCUT2D eigenvalue weighted by molar-refractivity contribution is -0.121. The fraction of sp³-hybridized carbons (Fsp3) is 0.600. The molecule has 0 heterocycles. The quantitative estimate of drug-likeness (QED) is 0.504. The van der Waals surface area contributed by atoms with Crippen LogP contribution < -0.4 is 20.7 Å².